The molecule has 84 valence electrons. The third-order valence-corrected chi connectivity index (χ3v) is 2.95. The summed E-state index contributed by atoms with van der Waals surface area (Å²) < 4.78 is 0. The third-order valence-electron chi connectivity index (χ3n) is 2.95. The number of para-hydroxylation sites is 1. The maximum absolute atomic E-state index is 3.50. The highest BCUT2D eigenvalue weighted by Gasteiger charge is 2.14. The van der Waals surface area contributed by atoms with E-state index in [2.05, 4.69) is 48.3 Å². The molecule has 3 rings (SSSR count). The van der Waals surface area contributed by atoms with E-state index in [1.165, 1.54) is 22.2 Å². The molecule has 0 aliphatic heterocycles. The highest BCUT2D eigenvalue weighted by Crippen LogP contribution is 2.29. The van der Waals surface area contributed by atoms with Gasteiger partial charge in [0, 0.05) is 22.2 Å². The number of aromatic amines is 1. The minimum Gasteiger partial charge on any atom is -0.358 e. The van der Waals surface area contributed by atoms with Gasteiger partial charge >= 0.3 is 0 Å². The third kappa shape index (κ3) is 1.78. The SMILES string of the molecule is CC.CC1C=Cc2c([nH]c3ccccc23)C1. The van der Waals surface area contributed by atoms with Crippen LogP contribution in [0.4, 0.5) is 0 Å². The second-order valence-corrected chi connectivity index (χ2v) is 4.10. The number of benzene rings is 1. The van der Waals surface area contributed by atoms with Gasteiger partial charge in [0.05, 0.1) is 0 Å². The first-order valence-corrected chi connectivity index (χ1v) is 6.12. The molecule has 1 nitrogen and oxygen atoms in total. The van der Waals surface area contributed by atoms with Gasteiger partial charge in [0.25, 0.3) is 0 Å². The first-order chi connectivity index (χ1) is 7.84. The molecule has 1 atom stereocenters. The van der Waals surface area contributed by atoms with Crippen LogP contribution in [0.2, 0.25) is 0 Å². The van der Waals surface area contributed by atoms with Crippen LogP contribution in [-0.4, -0.2) is 4.98 Å². The topological polar surface area (TPSA) is 15.8 Å². The summed E-state index contributed by atoms with van der Waals surface area (Å²) in [4.78, 5) is 3.50. The van der Waals surface area contributed by atoms with Gasteiger partial charge in [-0.1, -0.05) is 51.1 Å². The molecule has 1 unspecified atom stereocenters. The molecule has 1 heterocycles. The van der Waals surface area contributed by atoms with Crippen LogP contribution in [0.1, 0.15) is 32.0 Å². The summed E-state index contributed by atoms with van der Waals surface area (Å²) in [6.45, 7) is 6.25. The van der Waals surface area contributed by atoms with Gasteiger partial charge in [-0.15, -0.1) is 0 Å². The predicted octanol–water partition coefficient (Wildman–Crippen LogP) is 4.40. The van der Waals surface area contributed by atoms with E-state index in [4.69, 9.17) is 0 Å². The van der Waals surface area contributed by atoms with Crippen molar-refractivity contribution in [1.29, 1.82) is 0 Å². The number of hydrogen-bond donors (Lipinski definition) is 1. The monoisotopic (exact) mass is 213 g/mol. The molecular formula is C15H19N. The Bertz CT molecular complexity index is 505. The lowest BCUT2D eigenvalue weighted by Gasteiger charge is -2.11. The molecule has 16 heavy (non-hydrogen) atoms. The molecule has 1 aromatic carbocycles. The number of hydrogen-bond acceptors (Lipinski definition) is 0. The summed E-state index contributed by atoms with van der Waals surface area (Å²) in [5.74, 6) is 0.663. The molecule has 1 aliphatic rings. The summed E-state index contributed by atoms with van der Waals surface area (Å²) in [6, 6.07) is 8.51. The molecule has 0 saturated heterocycles. The average Bonchev–Trinajstić information content (AvgIpc) is 2.68. The fourth-order valence-electron chi connectivity index (χ4n) is 2.22. The summed E-state index contributed by atoms with van der Waals surface area (Å²) >= 11 is 0. The van der Waals surface area contributed by atoms with E-state index < -0.39 is 0 Å². The van der Waals surface area contributed by atoms with Crippen molar-refractivity contribution in [3.05, 3.63) is 41.6 Å². The van der Waals surface area contributed by atoms with Gasteiger partial charge in [-0.3, -0.25) is 0 Å². The standard InChI is InChI=1S/C13H13N.C2H6/c1-9-6-7-11-10-4-2-3-5-12(10)14-13(11)8-9;1-2/h2-7,9,14H,8H2,1H3;1-2H3. The maximum atomic E-state index is 3.50. The Balaban J connectivity index is 0.000000457. The van der Waals surface area contributed by atoms with Crippen LogP contribution < -0.4 is 0 Å². The lowest BCUT2D eigenvalue weighted by molar-refractivity contribution is 0.705. The molecule has 0 bridgehead atoms. The first kappa shape index (κ1) is 11.0. The Hall–Kier alpha value is -1.50. The Morgan fingerprint density at radius 1 is 1.19 bits per heavy atom. The van der Waals surface area contributed by atoms with Crippen LogP contribution >= 0.6 is 0 Å². The van der Waals surface area contributed by atoms with Gasteiger partial charge in [0.15, 0.2) is 0 Å². The fraction of sp³-hybridized carbons (Fsp3) is 0.333. The smallest absolute Gasteiger partial charge is 0.0462 e. The fourth-order valence-corrected chi connectivity index (χ4v) is 2.22. The molecular weight excluding hydrogens is 194 g/mol. The van der Waals surface area contributed by atoms with E-state index >= 15 is 0 Å². The Labute approximate surface area is 97.2 Å². The minimum atomic E-state index is 0.663. The number of allylic oxidation sites excluding steroid dienone is 1. The normalized spacial score (nSPS) is 17.8. The number of aromatic nitrogens is 1. The zero-order valence-electron chi connectivity index (χ0n) is 10.2. The number of fused-ring (bicyclic) bond motifs is 3. The lowest BCUT2D eigenvalue weighted by Crippen LogP contribution is -2.01. The van der Waals surface area contributed by atoms with E-state index in [1.54, 1.807) is 0 Å². The van der Waals surface area contributed by atoms with Gasteiger partial charge < -0.3 is 4.98 Å². The van der Waals surface area contributed by atoms with Crippen molar-refractivity contribution in [2.24, 2.45) is 5.92 Å². The number of rotatable bonds is 0. The lowest BCUT2D eigenvalue weighted by atomic mass is 9.95. The minimum absolute atomic E-state index is 0.663. The summed E-state index contributed by atoms with van der Waals surface area (Å²) in [6.07, 6.45) is 5.69. The van der Waals surface area contributed by atoms with Crippen LogP contribution in [0.3, 0.4) is 0 Å². The van der Waals surface area contributed by atoms with Crippen LogP contribution in [0.15, 0.2) is 30.3 Å². The van der Waals surface area contributed by atoms with Gasteiger partial charge in [-0.05, 0) is 18.4 Å². The number of nitrogens with one attached hydrogen (secondary N) is 1. The number of H-pyrrole nitrogens is 1. The van der Waals surface area contributed by atoms with E-state index in [1.807, 2.05) is 13.8 Å². The second kappa shape index (κ2) is 4.56. The van der Waals surface area contributed by atoms with Crippen LogP contribution in [0.5, 0.6) is 0 Å². The Morgan fingerprint density at radius 2 is 1.94 bits per heavy atom. The van der Waals surface area contributed by atoms with E-state index in [9.17, 15) is 0 Å². The van der Waals surface area contributed by atoms with Gasteiger partial charge in [-0.2, -0.15) is 0 Å². The quantitative estimate of drug-likeness (QED) is 0.667. The first-order valence-electron chi connectivity index (χ1n) is 6.12. The molecule has 1 aromatic heterocycles. The summed E-state index contributed by atoms with van der Waals surface area (Å²) in [5, 5.41) is 1.35. The van der Waals surface area contributed by atoms with Crippen molar-refractivity contribution in [1.82, 2.24) is 4.98 Å². The highest BCUT2D eigenvalue weighted by atomic mass is 14.7. The van der Waals surface area contributed by atoms with Crippen molar-refractivity contribution in [3.8, 4) is 0 Å². The van der Waals surface area contributed by atoms with Crippen molar-refractivity contribution in [3.63, 3.8) is 0 Å². The highest BCUT2D eigenvalue weighted by molar-refractivity contribution is 5.91. The van der Waals surface area contributed by atoms with E-state index in [-0.39, 0.29) is 0 Å². The summed E-state index contributed by atoms with van der Waals surface area (Å²) in [7, 11) is 0. The zero-order chi connectivity index (χ0) is 11.5. The molecule has 2 aromatic rings. The van der Waals surface area contributed by atoms with Gasteiger partial charge in [-0.25, -0.2) is 0 Å². The van der Waals surface area contributed by atoms with E-state index in [0.29, 0.717) is 5.92 Å². The van der Waals surface area contributed by atoms with Crippen LogP contribution in [0, 0.1) is 5.92 Å². The molecule has 1 aliphatic carbocycles. The Kier molecular flexibility index (Phi) is 3.14. The molecule has 1 N–H and O–H groups in total. The maximum Gasteiger partial charge on any atom is 0.0462 e. The molecule has 0 radical (unpaired) electrons. The molecule has 1 heteroatoms. The van der Waals surface area contributed by atoms with Crippen molar-refractivity contribution in [2.75, 3.05) is 0 Å². The Morgan fingerprint density at radius 3 is 2.75 bits per heavy atom. The largest absolute Gasteiger partial charge is 0.358 e. The van der Waals surface area contributed by atoms with Gasteiger partial charge in [0.2, 0.25) is 0 Å². The zero-order valence-corrected chi connectivity index (χ0v) is 10.2. The average molecular weight is 213 g/mol. The van der Waals surface area contributed by atoms with Crippen LogP contribution in [-0.2, 0) is 6.42 Å². The predicted molar refractivity (Wildman–Crippen MR) is 71.5 cm³/mol. The van der Waals surface area contributed by atoms with E-state index in [0.717, 1.165) is 6.42 Å². The molecule has 0 amide bonds. The van der Waals surface area contributed by atoms with Crippen molar-refractivity contribution < 1.29 is 0 Å². The van der Waals surface area contributed by atoms with Crippen molar-refractivity contribution >= 4 is 17.0 Å². The molecule has 0 saturated carbocycles. The van der Waals surface area contributed by atoms with Crippen LogP contribution in [0.25, 0.3) is 17.0 Å². The van der Waals surface area contributed by atoms with Gasteiger partial charge in [0.1, 0.15) is 0 Å². The molecule has 0 fully saturated rings. The molecule has 0 spiro atoms. The summed E-state index contributed by atoms with van der Waals surface area (Å²) in [5.41, 5.74) is 4.04. The van der Waals surface area contributed by atoms with Crippen molar-refractivity contribution in [2.45, 2.75) is 27.2 Å². The second-order valence-electron chi connectivity index (χ2n) is 4.10.